The molecule has 1 aliphatic rings. The molecule has 2 rings (SSSR count). The van der Waals surface area contributed by atoms with Crippen molar-refractivity contribution in [2.24, 2.45) is 0 Å². The van der Waals surface area contributed by atoms with Gasteiger partial charge in [-0.05, 0) is 25.3 Å². The Morgan fingerprint density at radius 2 is 2.39 bits per heavy atom. The van der Waals surface area contributed by atoms with E-state index in [9.17, 15) is 14.4 Å². The van der Waals surface area contributed by atoms with Crippen LogP contribution in [0.25, 0.3) is 0 Å². The number of hydroxylamine groups is 2. The van der Waals surface area contributed by atoms with Crippen LogP contribution in [0.2, 0.25) is 0 Å². The van der Waals surface area contributed by atoms with Gasteiger partial charge < -0.3 is 10.5 Å². The van der Waals surface area contributed by atoms with Gasteiger partial charge in [0.1, 0.15) is 11.9 Å². The first kappa shape index (κ1) is 13.0. The van der Waals surface area contributed by atoms with Crippen LogP contribution >= 0.6 is 0 Å². The SMILES string of the molecule is Cc1cccc(CNC(=O)[C@@H]2CCCN2O)c1F. The largest absolute Gasteiger partial charge is 0.350 e. The number of carbonyl (C=O) groups is 1. The Balaban J connectivity index is 1.95. The zero-order valence-corrected chi connectivity index (χ0v) is 10.3. The maximum Gasteiger partial charge on any atom is 0.240 e. The third-order valence-corrected chi connectivity index (χ3v) is 3.25. The number of carbonyl (C=O) groups excluding carboxylic acids is 1. The second kappa shape index (κ2) is 5.46. The summed E-state index contributed by atoms with van der Waals surface area (Å²) in [5.41, 5.74) is 1.03. The lowest BCUT2D eigenvalue weighted by molar-refractivity contribution is -0.145. The summed E-state index contributed by atoms with van der Waals surface area (Å²) in [5, 5.41) is 13.2. The molecule has 1 aromatic carbocycles. The van der Waals surface area contributed by atoms with Gasteiger partial charge in [0, 0.05) is 18.7 Å². The minimum absolute atomic E-state index is 0.149. The summed E-state index contributed by atoms with van der Waals surface area (Å²) >= 11 is 0. The van der Waals surface area contributed by atoms with Gasteiger partial charge >= 0.3 is 0 Å². The Kier molecular flexibility index (Phi) is 3.93. The van der Waals surface area contributed by atoms with E-state index in [1.807, 2.05) is 0 Å². The van der Waals surface area contributed by atoms with Crippen molar-refractivity contribution in [2.45, 2.75) is 32.4 Å². The molecule has 0 saturated carbocycles. The third kappa shape index (κ3) is 2.68. The zero-order valence-electron chi connectivity index (χ0n) is 10.3. The van der Waals surface area contributed by atoms with Crippen molar-refractivity contribution in [3.05, 3.63) is 35.1 Å². The minimum Gasteiger partial charge on any atom is -0.350 e. The summed E-state index contributed by atoms with van der Waals surface area (Å²) in [5.74, 6) is -0.541. The molecule has 2 N–H and O–H groups in total. The lowest BCUT2D eigenvalue weighted by Gasteiger charge is -2.17. The maximum absolute atomic E-state index is 13.7. The van der Waals surface area contributed by atoms with Gasteiger partial charge in [0.15, 0.2) is 0 Å². The molecule has 5 heteroatoms. The number of rotatable bonds is 3. The average Bonchev–Trinajstić information content (AvgIpc) is 2.77. The van der Waals surface area contributed by atoms with Crippen LogP contribution in [0.5, 0.6) is 0 Å². The molecule has 0 radical (unpaired) electrons. The molecule has 18 heavy (non-hydrogen) atoms. The molecule has 4 nitrogen and oxygen atoms in total. The summed E-state index contributed by atoms with van der Waals surface area (Å²) in [7, 11) is 0. The van der Waals surface area contributed by atoms with Gasteiger partial charge in [0.25, 0.3) is 0 Å². The highest BCUT2D eigenvalue weighted by molar-refractivity contribution is 5.81. The number of halogens is 1. The fraction of sp³-hybridized carbons (Fsp3) is 0.462. The first-order valence-electron chi connectivity index (χ1n) is 6.07. The van der Waals surface area contributed by atoms with Gasteiger partial charge in [-0.2, -0.15) is 5.06 Å². The van der Waals surface area contributed by atoms with Crippen LogP contribution in [0.3, 0.4) is 0 Å². The molecule has 1 saturated heterocycles. The quantitative estimate of drug-likeness (QED) is 0.859. The lowest BCUT2D eigenvalue weighted by atomic mass is 10.1. The number of benzene rings is 1. The van der Waals surface area contributed by atoms with E-state index >= 15 is 0 Å². The van der Waals surface area contributed by atoms with Crippen molar-refractivity contribution < 1.29 is 14.4 Å². The van der Waals surface area contributed by atoms with E-state index in [-0.39, 0.29) is 18.3 Å². The smallest absolute Gasteiger partial charge is 0.240 e. The van der Waals surface area contributed by atoms with E-state index in [2.05, 4.69) is 5.32 Å². The highest BCUT2D eigenvalue weighted by Crippen LogP contribution is 2.15. The zero-order chi connectivity index (χ0) is 13.1. The monoisotopic (exact) mass is 252 g/mol. The van der Waals surface area contributed by atoms with Gasteiger partial charge in [0.2, 0.25) is 5.91 Å². The predicted molar refractivity (Wildman–Crippen MR) is 64.5 cm³/mol. The number of hydrogen-bond donors (Lipinski definition) is 2. The topological polar surface area (TPSA) is 52.6 Å². The van der Waals surface area contributed by atoms with Gasteiger partial charge in [-0.3, -0.25) is 4.79 Å². The first-order chi connectivity index (χ1) is 8.59. The molecule has 0 aromatic heterocycles. The molecule has 0 bridgehead atoms. The molecular weight excluding hydrogens is 235 g/mol. The number of hydrogen-bond acceptors (Lipinski definition) is 3. The Hall–Kier alpha value is -1.46. The van der Waals surface area contributed by atoms with Crippen LogP contribution < -0.4 is 5.32 Å². The minimum atomic E-state index is -0.502. The second-order valence-electron chi connectivity index (χ2n) is 4.59. The molecule has 1 aromatic rings. The van der Waals surface area contributed by atoms with Crippen LogP contribution in [0.1, 0.15) is 24.0 Å². The Morgan fingerprint density at radius 1 is 1.61 bits per heavy atom. The van der Waals surface area contributed by atoms with E-state index in [4.69, 9.17) is 0 Å². The average molecular weight is 252 g/mol. The van der Waals surface area contributed by atoms with Crippen molar-refractivity contribution in [3.63, 3.8) is 0 Å². The van der Waals surface area contributed by atoms with E-state index in [1.165, 1.54) is 0 Å². The van der Waals surface area contributed by atoms with Crippen molar-refractivity contribution in [1.82, 2.24) is 10.4 Å². The second-order valence-corrected chi connectivity index (χ2v) is 4.59. The molecule has 1 aliphatic heterocycles. The summed E-state index contributed by atoms with van der Waals surface area (Å²) < 4.78 is 13.7. The number of aryl methyl sites for hydroxylation is 1. The number of amides is 1. The van der Waals surface area contributed by atoms with E-state index in [0.717, 1.165) is 11.5 Å². The first-order valence-corrected chi connectivity index (χ1v) is 6.07. The molecule has 0 aliphatic carbocycles. The van der Waals surface area contributed by atoms with E-state index in [1.54, 1.807) is 25.1 Å². The molecule has 1 heterocycles. The number of nitrogens with zero attached hydrogens (tertiary/aromatic N) is 1. The highest BCUT2D eigenvalue weighted by Gasteiger charge is 2.29. The summed E-state index contributed by atoms with van der Waals surface area (Å²) in [6, 6.07) is 4.59. The van der Waals surface area contributed by atoms with Gasteiger partial charge in [-0.15, -0.1) is 0 Å². The third-order valence-electron chi connectivity index (χ3n) is 3.25. The van der Waals surface area contributed by atoms with Crippen molar-refractivity contribution in [2.75, 3.05) is 6.54 Å². The molecule has 98 valence electrons. The normalized spacial score (nSPS) is 20.1. The summed E-state index contributed by atoms with van der Waals surface area (Å²) in [4.78, 5) is 11.8. The maximum atomic E-state index is 13.7. The fourth-order valence-electron chi connectivity index (χ4n) is 2.16. The van der Waals surface area contributed by atoms with Gasteiger partial charge in [-0.1, -0.05) is 18.2 Å². The predicted octanol–water partition coefficient (Wildman–Crippen LogP) is 1.60. The van der Waals surface area contributed by atoms with E-state index in [0.29, 0.717) is 24.1 Å². The molecular formula is C13H17FN2O2. The van der Waals surface area contributed by atoms with Gasteiger partial charge in [0.05, 0.1) is 0 Å². The van der Waals surface area contributed by atoms with E-state index < -0.39 is 6.04 Å². The van der Waals surface area contributed by atoms with Gasteiger partial charge in [-0.25, -0.2) is 4.39 Å². The van der Waals surface area contributed by atoms with Crippen molar-refractivity contribution in [1.29, 1.82) is 0 Å². The Labute approximate surface area is 105 Å². The number of nitrogens with one attached hydrogen (secondary N) is 1. The van der Waals surface area contributed by atoms with Crippen LogP contribution in [-0.2, 0) is 11.3 Å². The Morgan fingerprint density at radius 3 is 3.06 bits per heavy atom. The molecule has 1 amide bonds. The van der Waals surface area contributed by atoms with Crippen LogP contribution in [-0.4, -0.2) is 28.8 Å². The summed E-state index contributed by atoms with van der Waals surface area (Å²) in [6.07, 6.45) is 1.44. The Bertz CT molecular complexity index is 451. The van der Waals surface area contributed by atoms with Crippen molar-refractivity contribution >= 4 is 5.91 Å². The fourth-order valence-corrected chi connectivity index (χ4v) is 2.16. The van der Waals surface area contributed by atoms with Crippen LogP contribution in [0.15, 0.2) is 18.2 Å². The van der Waals surface area contributed by atoms with Crippen molar-refractivity contribution in [3.8, 4) is 0 Å². The standard InChI is InChI=1S/C13H17FN2O2/c1-9-4-2-5-10(12(9)14)8-15-13(17)11-6-3-7-16(11)18/h2,4-5,11,18H,3,6-8H2,1H3,(H,15,17)/t11-/m0/s1. The van der Waals surface area contributed by atoms with Crippen LogP contribution in [0, 0.1) is 12.7 Å². The molecule has 0 unspecified atom stereocenters. The summed E-state index contributed by atoms with van der Waals surface area (Å²) in [6.45, 7) is 2.35. The molecule has 0 spiro atoms. The molecule has 1 atom stereocenters. The molecule has 1 fully saturated rings. The lowest BCUT2D eigenvalue weighted by Crippen LogP contribution is -2.41. The van der Waals surface area contributed by atoms with Crippen LogP contribution in [0.4, 0.5) is 4.39 Å². The highest BCUT2D eigenvalue weighted by atomic mass is 19.1.